The van der Waals surface area contributed by atoms with Crippen LogP contribution in [0.5, 0.6) is 0 Å². The first kappa shape index (κ1) is 11.6. The third kappa shape index (κ3) is 1.83. The lowest BCUT2D eigenvalue weighted by Gasteiger charge is -1.99. The third-order valence-corrected chi connectivity index (χ3v) is 3.34. The van der Waals surface area contributed by atoms with Crippen molar-refractivity contribution in [3.05, 3.63) is 47.0 Å². The molecule has 1 amide bonds. The summed E-state index contributed by atoms with van der Waals surface area (Å²) in [5.74, 6) is -0.576. The molecular formula is C14H12FN3O. The van der Waals surface area contributed by atoms with E-state index in [0.717, 1.165) is 11.3 Å². The molecule has 2 heterocycles. The van der Waals surface area contributed by atoms with Gasteiger partial charge in [0.25, 0.3) is 5.91 Å². The number of hydrogen-bond acceptors (Lipinski definition) is 2. The quantitative estimate of drug-likeness (QED) is 0.797. The van der Waals surface area contributed by atoms with Crippen molar-refractivity contribution in [1.29, 1.82) is 0 Å². The molecule has 1 N–H and O–H groups in total. The predicted octanol–water partition coefficient (Wildman–Crippen LogP) is 2.36. The van der Waals surface area contributed by atoms with Crippen molar-refractivity contribution in [2.45, 2.75) is 6.92 Å². The van der Waals surface area contributed by atoms with E-state index in [1.54, 1.807) is 23.0 Å². The molecular weight excluding hydrogens is 245 g/mol. The van der Waals surface area contributed by atoms with E-state index in [-0.39, 0.29) is 11.7 Å². The molecule has 2 aromatic rings. The van der Waals surface area contributed by atoms with Gasteiger partial charge in [-0.3, -0.25) is 9.48 Å². The number of hydrogen-bond donors (Lipinski definition) is 1. The van der Waals surface area contributed by atoms with Gasteiger partial charge in [-0.2, -0.15) is 5.10 Å². The normalized spacial score (nSPS) is 15.7. The molecule has 0 bridgehead atoms. The van der Waals surface area contributed by atoms with Gasteiger partial charge in [0, 0.05) is 35.1 Å². The molecule has 0 atom stereocenters. The number of carbonyl (C=O) groups excluding carboxylic acids is 1. The standard InChI is InChI=1S/C14H12FN3O/c1-8-9(7-16-18(8)2)5-12-11-6-10(15)3-4-13(11)17-14(12)19/h3-7H,1-2H3,(H,17,19)/b12-5+. The number of halogens is 1. The summed E-state index contributed by atoms with van der Waals surface area (Å²) >= 11 is 0. The van der Waals surface area contributed by atoms with Crippen LogP contribution in [0.4, 0.5) is 10.1 Å². The zero-order valence-corrected chi connectivity index (χ0v) is 10.6. The Morgan fingerprint density at radius 2 is 2.21 bits per heavy atom. The maximum absolute atomic E-state index is 13.3. The number of nitrogens with one attached hydrogen (secondary N) is 1. The van der Waals surface area contributed by atoms with Crippen molar-refractivity contribution in [3.8, 4) is 0 Å². The van der Waals surface area contributed by atoms with Crippen LogP contribution < -0.4 is 5.32 Å². The summed E-state index contributed by atoms with van der Waals surface area (Å²) in [6, 6.07) is 4.27. The van der Waals surface area contributed by atoms with Gasteiger partial charge in [0.05, 0.1) is 6.20 Å². The summed E-state index contributed by atoms with van der Waals surface area (Å²) < 4.78 is 15.0. The Labute approximate surface area is 109 Å². The molecule has 0 saturated carbocycles. The average Bonchev–Trinajstić information content (AvgIpc) is 2.85. The van der Waals surface area contributed by atoms with Crippen LogP contribution in [0.25, 0.3) is 11.6 Å². The zero-order valence-electron chi connectivity index (χ0n) is 10.6. The molecule has 1 aromatic heterocycles. The number of carbonyl (C=O) groups is 1. The lowest BCUT2D eigenvalue weighted by molar-refractivity contribution is -0.110. The van der Waals surface area contributed by atoms with Gasteiger partial charge < -0.3 is 5.32 Å². The van der Waals surface area contributed by atoms with E-state index in [0.29, 0.717) is 16.8 Å². The summed E-state index contributed by atoms with van der Waals surface area (Å²) in [7, 11) is 1.83. The Balaban J connectivity index is 2.14. The molecule has 0 fully saturated rings. The van der Waals surface area contributed by atoms with Gasteiger partial charge in [-0.05, 0) is 31.2 Å². The monoisotopic (exact) mass is 257 g/mol. The molecule has 0 radical (unpaired) electrons. The molecule has 5 heteroatoms. The molecule has 19 heavy (non-hydrogen) atoms. The van der Waals surface area contributed by atoms with E-state index in [4.69, 9.17) is 0 Å². The van der Waals surface area contributed by atoms with Crippen LogP contribution in [0.15, 0.2) is 24.4 Å². The predicted molar refractivity (Wildman–Crippen MR) is 70.8 cm³/mol. The van der Waals surface area contributed by atoms with Crippen molar-refractivity contribution in [2.75, 3.05) is 5.32 Å². The first-order valence-electron chi connectivity index (χ1n) is 5.88. The van der Waals surface area contributed by atoms with Crippen LogP contribution in [0.3, 0.4) is 0 Å². The highest BCUT2D eigenvalue weighted by Crippen LogP contribution is 2.33. The summed E-state index contributed by atoms with van der Waals surface area (Å²) in [5, 5.41) is 6.84. The highest BCUT2D eigenvalue weighted by molar-refractivity contribution is 6.34. The Kier molecular flexibility index (Phi) is 2.48. The molecule has 96 valence electrons. The first-order valence-corrected chi connectivity index (χ1v) is 5.88. The molecule has 0 spiro atoms. The van der Waals surface area contributed by atoms with Crippen molar-refractivity contribution < 1.29 is 9.18 Å². The molecule has 0 unspecified atom stereocenters. The molecule has 0 saturated heterocycles. The van der Waals surface area contributed by atoms with E-state index < -0.39 is 0 Å². The number of amides is 1. The van der Waals surface area contributed by atoms with Crippen molar-refractivity contribution >= 4 is 23.2 Å². The molecule has 1 aliphatic rings. The molecule has 1 aromatic carbocycles. The van der Waals surface area contributed by atoms with Crippen LogP contribution in [0.2, 0.25) is 0 Å². The van der Waals surface area contributed by atoms with Crippen LogP contribution in [-0.2, 0) is 11.8 Å². The van der Waals surface area contributed by atoms with E-state index in [9.17, 15) is 9.18 Å². The highest BCUT2D eigenvalue weighted by Gasteiger charge is 2.24. The third-order valence-electron chi connectivity index (χ3n) is 3.34. The molecule has 0 aliphatic carbocycles. The summed E-state index contributed by atoms with van der Waals surface area (Å²) in [6.07, 6.45) is 3.43. The Hall–Kier alpha value is -2.43. The largest absolute Gasteiger partial charge is 0.321 e. The fraction of sp³-hybridized carbons (Fsp3) is 0.143. The van der Waals surface area contributed by atoms with Gasteiger partial charge in [0.2, 0.25) is 0 Å². The number of nitrogens with zero attached hydrogens (tertiary/aromatic N) is 2. The zero-order chi connectivity index (χ0) is 13.6. The SMILES string of the molecule is Cc1c(/C=C2/C(=O)Nc3ccc(F)cc32)cnn1C. The second-order valence-corrected chi connectivity index (χ2v) is 4.51. The first-order chi connectivity index (χ1) is 9.06. The fourth-order valence-corrected chi connectivity index (χ4v) is 2.12. The fourth-order valence-electron chi connectivity index (χ4n) is 2.12. The lowest BCUT2D eigenvalue weighted by Crippen LogP contribution is -2.03. The second-order valence-electron chi connectivity index (χ2n) is 4.51. The Morgan fingerprint density at radius 1 is 1.42 bits per heavy atom. The lowest BCUT2D eigenvalue weighted by atomic mass is 10.0. The van der Waals surface area contributed by atoms with E-state index in [1.165, 1.54) is 12.1 Å². The van der Waals surface area contributed by atoms with E-state index in [1.807, 2.05) is 14.0 Å². The summed E-state index contributed by atoms with van der Waals surface area (Å²) in [4.78, 5) is 11.9. The molecule has 4 nitrogen and oxygen atoms in total. The minimum absolute atomic E-state index is 0.219. The van der Waals surface area contributed by atoms with Gasteiger partial charge in [-0.1, -0.05) is 0 Å². The maximum Gasteiger partial charge on any atom is 0.256 e. The number of fused-ring (bicyclic) bond motifs is 1. The van der Waals surface area contributed by atoms with Gasteiger partial charge in [-0.15, -0.1) is 0 Å². The molecule has 3 rings (SSSR count). The summed E-state index contributed by atoms with van der Waals surface area (Å²) in [5.41, 5.74) is 3.49. The minimum atomic E-state index is -0.357. The van der Waals surface area contributed by atoms with E-state index >= 15 is 0 Å². The van der Waals surface area contributed by atoms with Gasteiger partial charge in [-0.25, -0.2) is 4.39 Å². The van der Waals surface area contributed by atoms with E-state index in [2.05, 4.69) is 10.4 Å². The van der Waals surface area contributed by atoms with Gasteiger partial charge in [0.1, 0.15) is 5.82 Å². The summed E-state index contributed by atoms with van der Waals surface area (Å²) in [6.45, 7) is 1.92. The van der Waals surface area contributed by atoms with Crippen LogP contribution >= 0.6 is 0 Å². The van der Waals surface area contributed by atoms with Gasteiger partial charge >= 0.3 is 0 Å². The Bertz CT molecular complexity index is 715. The van der Waals surface area contributed by atoms with Crippen molar-refractivity contribution in [1.82, 2.24) is 9.78 Å². The van der Waals surface area contributed by atoms with Crippen LogP contribution in [0, 0.1) is 12.7 Å². The van der Waals surface area contributed by atoms with Gasteiger partial charge in [0.15, 0.2) is 0 Å². The van der Waals surface area contributed by atoms with Crippen LogP contribution in [0.1, 0.15) is 16.8 Å². The maximum atomic E-state index is 13.3. The number of rotatable bonds is 1. The van der Waals surface area contributed by atoms with Crippen molar-refractivity contribution in [2.24, 2.45) is 7.05 Å². The smallest absolute Gasteiger partial charge is 0.256 e. The van der Waals surface area contributed by atoms with Crippen LogP contribution in [-0.4, -0.2) is 15.7 Å². The number of anilines is 1. The highest BCUT2D eigenvalue weighted by atomic mass is 19.1. The number of aromatic nitrogens is 2. The number of aryl methyl sites for hydroxylation is 1. The second kappa shape index (κ2) is 4.05. The minimum Gasteiger partial charge on any atom is -0.321 e. The average molecular weight is 257 g/mol. The number of benzene rings is 1. The van der Waals surface area contributed by atoms with Crippen molar-refractivity contribution in [3.63, 3.8) is 0 Å². The molecule has 1 aliphatic heterocycles. The topological polar surface area (TPSA) is 46.9 Å². The Morgan fingerprint density at radius 3 is 2.89 bits per heavy atom.